The molecule has 0 fully saturated rings. The molecule has 1 rings (SSSR count). The average molecular weight is 330 g/mol. The molecule has 0 bridgehead atoms. The van der Waals surface area contributed by atoms with Gasteiger partial charge in [-0.15, -0.1) is 0 Å². The number of hydrogen-bond acceptors (Lipinski definition) is 5. The van der Waals surface area contributed by atoms with Crippen LogP contribution in [-0.2, 0) is 25.6 Å². The molecule has 0 unspecified atom stereocenters. The van der Waals surface area contributed by atoms with Crippen LogP contribution in [0.2, 0.25) is 0 Å². The first-order chi connectivity index (χ1) is 8.65. The number of aromatic nitrogens is 2. The fraction of sp³-hybridized carbons (Fsp3) is 0.667. The number of hydrogen-bond donors (Lipinski definition) is 1. The van der Waals surface area contributed by atoms with Crippen LogP contribution in [0.5, 0.6) is 0 Å². The fourth-order valence-corrected chi connectivity index (χ4v) is 3.19. The van der Waals surface area contributed by atoms with Crippen LogP contribution in [0.25, 0.3) is 0 Å². The molecule has 1 heterocycles. The van der Waals surface area contributed by atoms with Gasteiger partial charge in [-0.2, -0.15) is 0 Å². The second-order valence-corrected chi connectivity index (χ2v) is 8.57. The topological polar surface area (TPSA) is 98.1 Å². The number of imidazole rings is 1. The Morgan fingerprint density at radius 3 is 2.53 bits per heavy atom. The summed E-state index contributed by atoms with van der Waals surface area (Å²) in [6.07, 6.45) is 2.28. The molecule has 0 amide bonds. The fourth-order valence-electron chi connectivity index (χ4n) is 1.45. The van der Waals surface area contributed by atoms with E-state index in [9.17, 15) is 16.8 Å². The monoisotopic (exact) mass is 329 g/mol. The Morgan fingerprint density at radius 2 is 2.00 bits per heavy atom. The lowest BCUT2D eigenvalue weighted by atomic mass is 10.5. The lowest BCUT2D eigenvalue weighted by Crippen LogP contribution is -2.28. The zero-order valence-electron chi connectivity index (χ0n) is 10.6. The number of rotatable bonds is 7. The first kappa shape index (κ1) is 16.4. The van der Waals surface area contributed by atoms with E-state index in [0.29, 0.717) is 12.4 Å². The van der Waals surface area contributed by atoms with E-state index in [2.05, 4.69) is 9.71 Å². The van der Waals surface area contributed by atoms with Gasteiger partial charge in [0.25, 0.3) is 10.0 Å². The van der Waals surface area contributed by atoms with Crippen molar-refractivity contribution < 1.29 is 16.8 Å². The van der Waals surface area contributed by atoms with Crippen molar-refractivity contribution in [2.24, 2.45) is 0 Å². The SMILES string of the molecule is CCCn1cc(S(=O)(=O)NCCS(=O)(=O)Cl)nc1C. The average Bonchev–Trinajstić information content (AvgIpc) is 2.59. The predicted molar refractivity (Wildman–Crippen MR) is 72.1 cm³/mol. The lowest BCUT2D eigenvalue weighted by molar-refractivity contribution is 0.579. The number of sulfonamides is 1. The van der Waals surface area contributed by atoms with E-state index in [1.54, 1.807) is 11.5 Å². The maximum atomic E-state index is 11.9. The first-order valence-electron chi connectivity index (χ1n) is 5.61. The van der Waals surface area contributed by atoms with Crippen molar-refractivity contribution in [3.8, 4) is 0 Å². The molecule has 1 aromatic rings. The van der Waals surface area contributed by atoms with E-state index < -0.39 is 24.8 Å². The molecule has 0 spiro atoms. The molecule has 0 aliphatic rings. The zero-order valence-corrected chi connectivity index (χ0v) is 13.0. The summed E-state index contributed by atoms with van der Waals surface area (Å²) in [6.45, 7) is 4.06. The molecule has 0 saturated heterocycles. The van der Waals surface area contributed by atoms with Crippen molar-refractivity contribution in [1.29, 1.82) is 0 Å². The molecular formula is C9H16ClN3O4S2. The first-order valence-corrected chi connectivity index (χ1v) is 9.57. The predicted octanol–water partition coefficient (Wildman–Crippen LogP) is 0.448. The Hall–Kier alpha value is -0.640. The molecule has 0 atom stereocenters. The van der Waals surface area contributed by atoms with Crippen LogP contribution < -0.4 is 4.72 Å². The van der Waals surface area contributed by atoms with E-state index >= 15 is 0 Å². The van der Waals surface area contributed by atoms with Gasteiger partial charge in [-0.05, 0) is 13.3 Å². The van der Waals surface area contributed by atoms with Crippen molar-refractivity contribution in [3.63, 3.8) is 0 Å². The van der Waals surface area contributed by atoms with E-state index in [4.69, 9.17) is 10.7 Å². The normalized spacial score (nSPS) is 12.8. The number of nitrogens with one attached hydrogen (secondary N) is 1. The molecule has 0 aliphatic heterocycles. The van der Waals surface area contributed by atoms with Gasteiger partial charge in [-0.25, -0.2) is 26.5 Å². The van der Waals surface area contributed by atoms with Crippen molar-refractivity contribution in [2.75, 3.05) is 12.3 Å². The van der Waals surface area contributed by atoms with Gasteiger partial charge in [0.05, 0.1) is 5.75 Å². The Bertz CT molecular complexity index is 636. The molecule has 19 heavy (non-hydrogen) atoms. The Balaban J connectivity index is 2.80. The van der Waals surface area contributed by atoms with Gasteiger partial charge < -0.3 is 4.57 Å². The maximum absolute atomic E-state index is 11.9. The summed E-state index contributed by atoms with van der Waals surface area (Å²) in [5, 5.41) is -0.120. The lowest BCUT2D eigenvalue weighted by Gasteiger charge is -2.02. The third-order valence-electron chi connectivity index (χ3n) is 2.33. The van der Waals surface area contributed by atoms with Crippen molar-refractivity contribution >= 4 is 29.8 Å². The van der Waals surface area contributed by atoms with Crippen LogP contribution in [0.15, 0.2) is 11.2 Å². The Morgan fingerprint density at radius 1 is 1.37 bits per heavy atom. The summed E-state index contributed by atoms with van der Waals surface area (Å²) in [5.41, 5.74) is 0. The van der Waals surface area contributed by atoms with E-state index in [0.717, 1.165) is 6.42 Å². The number of halogens is 1. The highest BCUT2D eigenvalue weighted by atomic mass is 35.7. The standard InChI is InChI=1S/C9H16ClN3O4S2/c1-3-5-13-7-9(12-8(13)2)19(16,17)11-4-6-18(10,14)15/h7,11H,3-6H2,1-2H3. The molecule has 1 aromatic heterocycles. The number of aryl methyl sites for hydroxylation is 2. The summed E-state index contributed by atoms with van der Waals surface area (Å²) in [4.78, 5) is 3.95. The zero-order chi connectivity index (χ0) is 14.7. The van der Waals surface area contributed by atoms with Crippen LogP contribution in [0.1, 0.15) is 19.2 Å². The quantitative estimate of drug-likeness (QED) is 0.732. The molecule has 0 aliphatic carbocycles. The summed E-state index contributed by atoms with van der Waals surface area (Å²) >= 11 is 0. The summed E-state index contributed by atoms with van der Waals surface area (Å²) in [6, 6.07) is 0. The summed E-state index contributed by atoms with van der Waals surface area (Å²) in [7, 11) is -2.53. The van der Waals surface area contributed by atoms with Crippen LogP contribution >= 0.6 is 10.7 Å². The van der Waals surface area contributed by atoms with Gasteiger partial charge in [0.1, 0.15) is 5.82 Å². The minimum absolute atomic E-state index is 0.120. The van der Waals surface area contributed by atoms with Crippen LogP contribution in [0.4, 0.5) is 0 Å². The van der Waals surface area contributed by atoms with Gasteiger partial charge >= 0.3 is 0 Å². The largest absolute Gasteiger partial charge is 0.334 e. The molecular weight excluding hydrogens is 314 g/mol. The van der Waals surface area contributed by atoms with E-state index in [-0.39, 0.29) is 11.6 Å². The van der Waals surface area contributed by atoms with Gasteiger partial charge in [-0.3, -0.25) is 0 Å². The Labute approximate surface area is 117 Å². The molecule has 0 saturated carbocycles. The van der Waals surface area contributed by atoms with Gasteiger partial charge in [0.15, 0.2) is 5.03 Å². The van der Waals surface area contributed by atoms with E-state index in [1.807, 2.05) is 6.92 Å². The molecule has 10 heteroatoms. The number of nitrogens with zero attached hydrogens (tertiary/aromatic N) is 2. The summed E-state index contributed by atoms with van der Waals surface area (Å²) in [5.74, 6) is 0.120. The maximum Gasteiger partial charge on any atom is 0.259 e. The smallest absolute Gasteiger partial charge is 0.259 e. The van der Waals surface area contributed by atoms with Crippen molar-refractivity contribution in [1.82, 2.24) is 14.3 Å². The second kappa shape index (κ2) is 6.21. The van der Waals surface area contributed by atoms with Gasteiger partial charge in [-0.1, -0.05) is 6.92 Å². The van der Waals surface area contributed by atoms with Crippen molar-refractivity contribution in [3.05, 3.63) is 12.0 Å². The van der Waals surface area contributed by atoms with Crippen LogP contribution in [0.3, 0.4) is 0 Å². The summed E-state index contributed by atoms with van der Waals surface area (Å²) < 4.78 is 49.0. The molecule has 1 N–H and O–H groups in total. The highest BCUT2D eigenvalue weighted by Crippen LogP contribution is 2.09. The Kier molecular flexibility index (Phi) is 5.36. The van der Waals surface area contributed by atoms with Gasteiger partial charge in [0.2, 0.25) is 9.05 Å². The molecule has 0 radical (unpaired) electrons. The minimum Gasteiger partial charge on any atom is -0.334 e. The molecule has 0 aromatic carbocycles. The molecule has 110 valence electrons. The van der Waals surface area contributed by atoms with Crippen molar-refractivity contribution in [2.45, 2.75) is 31.8 Å². The van der Waals surface area contributed by atoms with Crippen LogP contribution in [-0.4, -0.2) is 38.7 Å². The molecule has 7 nitrogen and oxygen atoms in total. The van der Waals surface area contributed by atoms with Gasteiger partial charge in [0, 0.05) is 30.0 Å². The van der Waals surface area contributed by atoms with Crippen LogP contribution in [0, 0.1) is 6.92 Å². The minimum atomic E-state index is -3.81. The highest BCUT2D eigenvalue weighted by Gasteiger charge is 2.19. The van der Waals surface area contributed by atoms with E-state index in [1.165, 1.54) is 6.20 Å². The third-order valence-corrected chi connectivity index (χ3v) is 4.82. The highest BCUT2D eigenvalue weighted by molar-refractivity contribution is 8.13. The third kappa shape index (κ3) is 5.09. The second-order valence-electron chi connectivity index (χ2n) is 3.96.